The molecule has 32 heavy (non-hydrogen) atoms. The van der Waals surface area contributed by atoms with Crippen molar-refractivity contribution in [3.05, 3.63) is 58.7 Å². The Morgan fingerprint density at radius 2 is 1.19 bits per heavy atom. The third kappa shape index (κ3) is 5.60. The number of benzene rings is 2. The molecule has 0 saturated heterocycles. The maximum atomic E-state index is 12.7. The van der Waals surface area contributed by atoms with Crippen molar-refractivity contribution in [1.82, 2.24) is 0 Å². The second kappa shape index (κ2) is 10.9. The van der Waals surface area contributed by atoms with Crippen LogP contribution in [0.5, 0.6) is 23.0 Å². The van der Waals surface area contributed by atoms with Gasteiger partial charge < -0.3 is 28.8 Å². The van der Waals surface area contributed by atoms with Gasteiger partial charge in [0.25, 0.3) is 0 Å². The van der Waals surface area contributed by atoms with Gasteiger partial charge in [-0.2, -0.15) is 0 Å². The Kier molecular flexibility index (Phi) is 8.29. The molecule has 2 aromatic carbocycles. The summed E-state index contributed by atoms with van der Waals surface area (Å²) in [6.45, 7) is 1.63. The van der Waals surface area contributed by atoms with Crippen molar-refractivity contribution < 1.29 is 38.4 Å². The van der Waals surface area contributed by atoms with Crippen LogP contribution in [-0.2, 0) is 14.3 Å². The van der Waals surface area contributed by atoms with Crippen LogP contribution < -0.4 is 18.9 Å². The van der Waals surface area contributed by atoms with Gasteiger partial charge in [0.1, 0.15) is 23.0 Å². The third-order valence-electron chi connectivity index (χ3n) is 4.73. The lowest BCUT2D eigenvalue weighted by atomic mass is 9.93. The Morgan fingerprint density at radius 3 is 1.56 bits per heavy atom. The highest BCUT2D eigenvalue weighted by atomic mass is 16.5. The highest BCUT2D eigenvalue weighted by Gasteiger charge is 2.25. The van der Waals surface area contributed by atoms with Crippen LogP contribution in [0.1, 0.15) is 18.1 Å². The van der Waals surface area contributed by atoms with Crippen molar-refractivity contribution in [2.75, 3.05) is 35.5 Å². The first kappa shape index (κ1) is 24.3. The number of allylic oxidation sites excluding steroid dienone is 1. The summed E-state index contributed by atoms with van der Waals surface area (Å²) in [5, 5.41) is 9.98. The Balaban J connectivity index is 2.80. The maximum absolute atomic E-state index is 12.7. The molecule has 0 heterocycles. The number of carbonyl (C=O) groups is 2. The Labute approximate surface area is 186 Å². The molecular weight excluding hydrogens is 416 g/mol. The average molecular weight is 442 g/mol. The van der Waals surface area contributed by atoms with Gasteiger partial charge in [0.15, 0.2) is 0 Å². The zero-order chi connectivity index (χ0) is 23.8. The molecule has 0 atom stereocenters. The van der Waals surface area contributed by atoms with Gasteiger partial charge in [-0.05, 0) is 54.0 Å². The molecule has 2 aromatic rings. The van der Waals surface area contributed by atoms with Crippen molar-refractivity contribution >= 4 is 23.6 Å². The largest absolute Gasteiger partial charge is 0.497 e. The SMILES string of the molecule is COC(=O)C(=C(/C)c1cc(OC)cc(OC)c1)/C(=C\c1cc(OC)cc(OC)c1)C(=O)O. The van der Waals surface area contributed by atoms with E-state index in [1.165, 1.54) is 41.6 Å². The van der Waals surface area contributed by atoms with Gasteiger partial charge >= 0.3 is 11.9 Å². The van der Waals surface area contributed by atoms with Crippen molar-refractivity contribution in [3.8, 4) is 23.0 Å². The fourth-order valence-electron chi connectivity index (χ4n) is 3.06. The number of carboxylic acid groups (broad SMARTS) is 1. The fraction of sp³-hybridized carbons (Fsp3) is 0.250. The van der Waals surface area contributed by atoms with Crippen LogP contribution in [0.4, 0.5) is 0 Å². The van der Waals surface area contributed by atoms with E-state index in [9.17, 15) is 14.7 Å². The lowest BCUT2D eigenvalue weighted by molar-refractivity contribution is -0.138. The van der Waals surface area contributed by atoms with E-state index in [-0.39, 0.29) is 11.1 Å². The lowest BCUT2D eigenvalue weighted by Crippen LogP contribution is -2.15. The zero-order valence-corrected chi connectivity index (χ0v) is 18.8. The third-order valence-corrected chi connectivity index (χ3v) is 4.73. The molecule has 0 unspecified atom stereocenters. The van der Waals surface area contributed by atoms with E-state index in [0.717, 1.165) is 0 Å². The fourth-order valence-corrected chi connectivity index (χ4v) is 3.06. The predicted octanol–water partition coefficient (Wildman–Crippen LogP) is 3.84. The number of hydrogen-bond acceptors (Lipinski definition) is 7. The normalized spacial score (nSPS) is 11.9. The molecular formula is C24H26O8. The molecule has 8 nitrogen and oxygen atoms in total. The number of carbonyl (C=O) groups excluding carboxylic acids is 1. The molecule has 0 spiro atoms. The summed E-state index contributed by atoms with van der Waals surface area (Å²) in [5.74, 6) is -0.187. The highest BCUT2D eigenvalue weighted by molar-refractivity contribution is 6.14. The van der Waals surface area contributed by atoms with Crippen molar-refractivity contribution in [2.45, 2.75) is 6.92 Å². The second-order valence-corrected chi connectivity index (χ2v) is 6.60. The number of rotatable bonds is 9. The van der Waals surface area contributed by atoms with Gasteiger partial charge in [-0.15, -0.1) is 0 Å². The van der Waals surface area contributed by atoms with Crippen molar-refractivity contribution in [3.63, 3.8) is 0 Å². The van der Waals surface area contributed by atoms with E-state index in [1.54, 1.807) is 43.3 Å². The number of hydrogen-bond donors (Lipinski definition) is 1. The zero-order valence-electron chi connectivity index (χ0n) is 18.8. The van der Waals surface area contributed by atoms with E-state index in [4.69, 9.17) is 23.7 Å². The summed E-state index contributed by atoms with van der Waals surface area (Å²) in [7, 11) is 7.16. The smallest absolute Gasteiger partial charge is 0.339 e. The van der Waals surface area contributed by atoms with Crippen LogP contribution in [-0.4, -0.2) is 52.6 Å². The second-order valence-electron chi connectivity index (χ2n) is 6.60. The van der Waals surface area contributed by atoms with Gasteiger partial charge in [-0.25, -0.2) is 9.59 Å². The Morgan fingerprint density at radius 1 is 0.750 bits per heavy atom. The molecule has 0 aliphatic rings. The summed E-state index contributed by atoms with van der Waals surface area (Å²) in [5.41, 5.74) is 1.01. The molecule has 0 bridgehead atoms. The van der Waals surface area contributed by atoms with Gasteiger partial charge in [0.05, 0.1) is 46.7 Å². The Hall–Kier alpha value is -3.94. The quantitative estimate of drug-likeness (QED) is 0.355. The topological polar surface area (TPSA) is 101 Å². The summed E-state index contributed by atoms with van der Waals surface area (Å²) >= 11 is 0. The monoisotopic (exact) mass is 442 g/mol. The van der Waals surface area contributed by atoms with Crippen molar-refractivity contribution in [1.29, 1.82) is 0 Å². The van der Waals surface area contributed by atoms with E-state index in [2.05, 4.69) is 0 Å². The maximum Gasteiger partial charge on any atom is 0.339 e. The minimum atomic E-state index is -1.30. The van der Waals surface area contributed by atoms with Crippen molar-refractivity contribution in [2.24, 2.45) is 0 Å². The van der Waals surface area contributed by atoms with Crippen LogP contribution in [0.25, 0.3) is 11.6 Å². The first-order valence-electron chi connectivity index (χ1n) is 9.49. The Bertz CT molecular complexity index is 1020. The molecule has 2 rings (SSSR count). The first-order chi connectivity index (χ1) is 15.3. The molecule has 0 aromatic heterocycles. The van der Waals surface area contributed by atoms with Gasteiger partial charge in [-0.1, -0.05) is 0 Å². The predicted molar refractivity (Wildman–Crippen MR) is 119 cm³/mol. The van der Waals surface area contributed by atoms with Gasteiger partial charge in [0, 0.05) is 12.1 Å². The first-order valence-corrected chi connectivity index (χ1v) is 9.49. The summed E-state index contributed by atoms with van der Waals surface area (Å²) in [4.78, 5) is 25.0. The summed E-state index contributed by atoms with van der Waals surface area (Å²) in [6.07, 6.45) is 1.36. The minimum Gasteiger partial charge on any atom is -0.497 e. The summed E-state index contributed by atoms with van der Waals surface area (Å²) < 4.78 is 26.0. The van der Waals surface area contributed by atoms with E-state index < -0.39 is 11.9 Å². The number of aliphatic carboxylic acids is 1. The molecule has 0 saturated carbocycles. The molecule has 8 heteroatoms. The standard InChI is InChI=1S/C24H26O8/c1-14(16-10-19(30-4)13-20(11-16)31-5)22(24(27)32-6)21(23(25)26)9-15-7-17(28-2)12-18(8-15)29-3/h7-13H,1-6H3,(H,25,26)/b21-9+,22-14-. The minimum absolute atomic E-state index is 0.114. The van der Waals surface area contributed by atoms with Crippen LogP contribution in [0.15, 0.2) is 47.5 Å². The molecule has 0 aliphatic carbocycles. The number of esters is 1. The number of ether oxygens (including phenoxy) is 5. The molecule has 1 N–H and O–H groups in total. The highest BCUT2D eigenvalue weighted by Crippen LogP contribution is 2.32. The number of carboxylic acids is 1. The van der Waals surface area contributed by atoms with E-state index in [0.29, 0.717) is 39.7 Å². The molecule has 0 fully saturated rings. The number of methoxy groups -OCH3 is 5. The molecule has 170 valence electrons. The molecule has 0 amide bonds. The van der Waals surface area contributed by atoms with Crippen LogP contribution in [0, 0.1) is 0 Å². The van der Waals surface area contributed by atoms with Gasteiger partial charge in [-0.3, -0.25) is 0 Å². The van der Waals surface area contributed by atoms with E-state index in [1.807, 2.05) is 0 Å². The van der Waals surface area contributed by atoms with E-state index >= 15 is 0 Å². The summed E-state index contributed by atoms with van der Waals surface area (Å²) in [6, 6.07) is 9.94. The lowest BCUT2D eigenvalue weighted by Gasteiger charge is -2.14. The van der Waals surface area contributed by atoms with Crippen LogP contribution >= 0.6 is 0 Å². The average Bonchev–Trinajstić information content (AvgIpc) is 2.82. The molecule has 0 aliphatic heterocycles. The van der Waals surface area contributed by atoms with Crippen LogP contribution in [0.3, 0.4) is 0 Å². The van der Waals surface area contributed by atoms with Gasteiger partial charge in [0.2, 0.25) is 0 Å². The van der Waals surface area contributed by atoms with Crippen LogP contribution in [0.2, 0.25) is 0 Å². The molecule has 0 radical (unpaired) electrons.